The minimum absolute atomic E-state index is 0.227. The molecule has 0 spiro atoms. The third kappa shape index (κ3) is 5.08. The first-order valence-electron chi connectivity index (χ1n) is 8.59. The molecule has 0 unspecified atom stereocenters. The maximum Gasteiger partial charge on any atom is 0.341 e. The van der Waals surface area contributed by atoms with Crippen LogP contribution in [0.5, 0.6) is 5.75 Å². The summed E-state index contributed by atoms with van der Waals surface area (Å²) in [5, 5.41) is 11.3. The molecular weight excluding hydrogens is 606 g/mol. The zero-order chi connectivity index (χ0) is 22.9. The summed E-state index contributed by atoms with van der Waals surface area (Å²) >= 11 is 11.4. The Bertz CT molecular complexity index is 1140. The van der Waals surface area contributed by atoms with Crippen LogP contribution < -0.4 is 15.0 Å². The van der Waals surface area contributed by atoms with Gasteiger partial charge in [-0.05, 0) is 86.9 Å². The Hall–Kier alpha value is -2.44. The van der Waals surface area contributed by atoms with Gasteiger partial charge in [0.05, 0.1) is 13.7 Å². The average molecular weight is 620 g/mol. The number of carbonyl (C=O) groups is 4. The van der Waals surface area contributed by atoms with Crippen molar-refractivity contribution in [3.8, 4) is 5.75 Å². The number of aryl methyl sites for hydroxylation is 1. The van der Waals surface area contributed by atoms with Gasteiger partial charge in [0, 0.05) is 5.02 Å². The van der Waals surface area contributed by atoms with Crippen molar-refractivity contribution in [1.29, 1.82) is 0 Å². The molecule has 2 aromatic rings. The van der Waals surface area contributed by atoms with Crippen molar-refractivity contribution < 1.29 is 29.0 Å². The Morgan fingerprint density at radius 3 is 2.61 bits per heavy atom. The van der Waals surface area contributed by atoms with Crippen LogP contribution in [-0.2, 0) is 14.4 Å². The first-order chi connectivity index (χ1) is 14.6. The number of carboxylic acids is 1. The number of nitrogens with zero attached hydrogens (tertiary/aromatic N) is 1. The van der Waals surface area contributed by atoms with Crippen LogP contribution in [0.25, 0.3) is 6.08 Å². The number of amides is 4. The molecule has 8 nitrogen and oxygen atoms in total. The smallest absolute Gasteiger partial charge is 0.341 e. The van der Waals surface area contributed by atoms with Gasteiger partial charge in [-0.2, -0.15) is 0 Å². The van der Waals surface area contributed by atoms with Gasteiger partial charge >= 0.3 is 12.0 Å². The molecule has 1 fully saturated rings. The van der Waals surface area contributed by atoms with Gasteiger partial charge < -0.3 is 9.84 Å². The summed E-state index contributed by atoms with van der Waals surface area (Å²) in [6.45, 7) is 1.26. The van der Waals surface area contributed by atoms with E-state index in [2.05, 4.69) is 21.2 Å². The Balaban J connectivity index is 1.98. The fraction of sp³-hybridized carbons (Fsp3) is 0.100. The van der Waals surface area contributed by atoms with Crippen LogP contribution in [0, 0.1) is 10.5 Å². The molecule has 0 bridgehead atoms. The Kier molecular flexibility index (Phi) is 7.02. The summed E-state index contributed by atoms with van der Waals surface area (Å²) in [7, 11) is 0. The van der Waals surface area contributed by atoms with E-state index in [1.165, 1.54) is 12.1 Å². The molecular formula is C20H13BrClIN2O6. The van der Waals surface area contributed by atoms with Crippen LogP contribution in [0.15, 0.2) is 40.4 Å². The molecule has 0 aliphatic carbocycles. The fourth-order valence-electron chi connectivity index (χ4n) is 2.71. The summed E-state index contributed by atoms with van der Waals surface area (Å²) in [6, 6.07) is 6.99. The van der Waals surface area contributed by atoms with Crippen LogP contribution in [0.1, 0.15) is 11.1 Å². The minimum Gasteiger partial charge on any atom is -0.480 e. The predicted octanol–water partition coefficient (Wildman–Crippen LogP) is 4.15. The number of barbiturate groups is 1. The topological polar surface area (TPSA) is 113 Å². The molecule has 0 saturated carbocycles. The molecule has 4 amide bonds. The van der Waals surface area contributed by atoms with Crippen LogP contribution in [-0.4, -0.2) is 35.5 Å². The predicted molar refractivity (Wildman–Crippen MR) is 125 cm³/mol. The number of imide groups is 2. The largest absolute Gasteiger partial charge is 0.480 e. The number of hydrogen-bond acceptors (Lipinski definition) is 5. The number of urea groups is 1. The maximum atomic E-state index is 13.0. The van der Waals surface area contributed by atoms with Gasteiger partial charge in [0.1, 0.15) is 11.3 Å². The minimum atomic E-state index is -1.13. The summed E-state index contributed by atoms with van der Waals surface area (Å²) in [4.78, 5) is 49.2. The molecule has 0 aromatic heterocycles. The van der Waals surface area contributed by atoms with E-state index in [0.717, 1.165) is 10.5 Å². The van der Waals surface area contributed by atoms with Crippen molar-refractivity contribution in [1.82, 2.24) is 5.32 Å². The second-order valence-electron chi connectivity index (χ2n) is 6.39. The number of halogens is 3. The molecule has 11 heteroatoms. The molecule has 1 heterocycles. The third-order valence-corrected chi connectivity index (χ3v) is 5.98. The highest BCUT2D eigenvalue weighted by molar-refractivity contribution is 14.1. The highest BCUT2D eigenvalue weighted by Gasteiger charge is 2.37. The van der Waals surface area contributed by atoms with Crippen LogP contribution in [0.4, 0.5) is 10.5 Å². The van der Waals surface area contributed by atoms with E-state index in [-0.39, 0.29) is 11.3 Å². The molecule has 2 N–H and O–H groups in total. The zero-order valence-corrected chi connectivity index (χ0v) is 20.2. The van der Waals surface area contributed by atoms with E-state index in [1.54, 1.807) is 31.2 Å². The monoisotopic (exact) mass is 618 g/mol. The van der Waals surface area contributed by atoms with Gasteiger partial charge in [-0.3, -0.25) is 14.9 Å². The summed E-state index contributed by atoms with van der Waals surface area (Å²) in [6.07, 6.45) is 1.33. The lowest BCUT2D eigenvalue weighted by atomic mass is 10.1. The lowest BCUT2D eigenvalue weighted by Gasteiger charge is -2.26. The Morgan fingerprint density at radius 1 is 1.29 bits per heavy atom. The van der Waals surface area contributed by atoms with Crippen molar-refractivity contribution >= 4 is 85.7 Å². The number of carbonyl (C=O) groups excluding carboxylic acids is 3. The number of hydrogen-bond donors (Lipinski definition) is 2. The van der Waals surface area contributed by atoms with Crippen molar-refractivity contribution in [3.63, 3.8) is 0 Å². The molecule has 31 heavy (non-hydrogen) atoms. The quantitative estimate of drug-likeness (QED) is 0.296. The van der Waals surface area contributed by atoms with Crippen LogP contribution in [0.3, 0.4) is 0 Å². The summed E-state index contributed by atoms with van der Waals surface area (Å²) in [5.41, 5.74) is 1.21. The van der Waals surface area contributed by atoms with Crippen molar-refractivity contribution in [2.75, 3.05) is 11.5 Å². The Labute approximate surface area is 203 Å². The van der Waals surface area contributed by atoms with Crippen LogP contribution >= 0.6 is 50.1 Å². The highest BCUT2D eigenvalue weighted by atomic mass is 127. The van der Waals surface area contributed by atoms with Crippen molar-refractivity contribution in [2.24, 2.45) is 0 Å². The first-order valence-corrected chi connectivity index (χ1v) is 10.8. The molecule has 1 aliphatic heterocycles. The second kappa shape index (κ2) is 9.37. The number of carboxylic acid groups (broad SMARTS) is 1. The number of benzene rings is 2. The highest BCUT2D eigenvalue weighted by Crippen LogP contribution is 2.33. The molecule has 1 saturated heterocycles. The van der Waals surface area contributed by atoms with E-state index >= 15 is 0 Å². The lowest BCUT2D eigenvalue weighted by Crippen LogP contribution is -2.54. The standard InChI is InChI=1S/C20H13BrClIN2O6/c1-9-2-3-11(7-14(9)22)25-19(29)12(18(28)24-20(25)30)4-10-5-13(21)17(15(23)6-10)31-8-16(26)27/h2-7H,8H2,1H3,(H,26,27)(H,24,28,30). The number of rotatable bonds is 5. The summed E-state index contributed by atoms with van der Waals surface area (Å²) in [5.74, 6) is -2.44. The molecule has 160 valence electrons. The summed E-state index contributed by atoms with van der Waals surface area (Å²) < 4.78 is 6.24. The lowest BCUT2D eigenvalue weighted by molar-refractivity contribution is -0.139. The van der Waals surface area contributed by atoms with E-state index in [4.69, 9.17) is 21.4 Å². The van der Waals surface area contributed by atoms with E-state index in [1.807, 2.05) is 22.6 Å². The zero-order valence-electron chi connectivity index (χ0n) is 15.7. The molecule has 1 aliphatic rings. The third-order valence-electron chi connectivity index (χ3n) is 4.19. The second-order valence-corrected chi connectivity index (χ2v) is 8.81. The van der Waals surface area contributed by atoms with Gasteiger partial charge in [-0.25, -0.2) is 14.5 Å². The number of anilines is 1. The number of aliphatic carboxylic acids is 1. The van der Waals surface area contributed by atoms with Gasteiger partial charge in [0.25, 0.3) is 11.8 Å². The van der Waals surface area contributed by atoms with Crippen molar-refractivity contribution in [2.45, 2.75) is 6.92 Å². The average Bonchev–Trinajstić information content (AvgIpc) is 2.67. The van der Waals surface area contributed by atoms with E-state index in [0.29, 0.717) is 24.4 Å². The Morgan fingerprint density at radius 2 is 2.00 bits per heavy atom. The number of ether oxygens (including phenoxy) is 1. The fourth-order valence-corrected chi connectivity index (χ4v) is 4.66. The molecule has 2 aromatic carbocycles. The normalized spacial score (nSPS) is 15.3. The number of nitrogens with one attached hydrogen (secondary N) is 1. The van der Waals surface area contributed by atoms with E-state index in [9.17, 15) is 19.2 Å². The molecule has 3 rings (SSSR count). The van der Waals surface area contributed by atoms with Gasteiger partial charge in [0.15, 0.2) is 6.61 Å². The van der Waals surface area contributed by atoms with Gasteiger partial charge in [-0.15, -0.1) is 0 Å². The molecule has 0 radical (unpaired) electrons. The van der Waals surface area contributed by atoms with Crippen LogP contribution in [0.2, 0.25) is 5.02 Å². The van der Waals surface area contributed by atoms with Gasteiger partial charge in [-0.1, -0.05) is 17.7 Å². The maximum absolute atomic E-state index is 13.0. The molecule has 0 atom stereocenters. The first kappa shape index (κ1) is 23.2. The van der Waals surface area contributed by atoms with Crippen molar-refractivity contribution in [3.05, 3.63) is 60.1 Å². The van der Waals surface area contributed by atoms with Gasteiger partial charge in [0.2, 0.25) is 0 Å². The van der Waals surface area contributed by atoms with E-state index < -0.39 is 30.4 Å². The SMILES string of the molecule is Cc1ccc(N2C(=O)NC(=O)C(=Cc3cc(Br)c(OCC(=O)O)c(I)c3)C2=O)cc1Cl.